The third kappa shape index (κ3) is 3.66. The van der Waals surface area contributed by atoms with Crippen LogP contribution in [0.4, 0.5) is 10.1 Å². The summed E-state index contributed by atoms with van der Waals surface area (Å²) in [4.78, 5) is 6.26. The lowest BCUT2D eigenvalue weighted by atomic mass is 9.87. The lowest BCUT2D eigenvalue weighted by Crippen LogP contribution is -2.58. The third-order valence-electron chi connectivity index (χ3n) is 5.06. The van der Waals surface area contributed by atoms with E-state index < -0.39 is 10.0 Å². The van der Waals surface area contributed by atoms with Gasteiger partial charge in [0.05, 0.1) is 6.26 Å². The number of nitrogens with zero attached hydrogens (tertiary/aromatic N) is 2. The SMILES string of the molecule is CC(C)c1c(F)cc(N2C[C@@H](CNS(C)(=O)=O)[C@H]2C)c2cnc(Cl)cc12. The monoisotopic (exact) mass is 399 g/mol. The third-order valence-corrected chi connectivity index (χ3v) is 5.95. The van der Waals surface area contributed by atoms with E-state index in [1.165, 1.54) is 0 Å². The van der Waals surface area contributed by atoms with Crippen molar-refractivity contribution in [2.24, 2.45) is 5.92 Å². The maximum atomic E-state index is 14.8. The summed E-state index contributed by atoms with van der Waals surface area (Å²) in [6.45, 7) is 6.95. The molecule has 0 saturated carbocycles. The van der Waals surface area contributed by atoms with Crippen LogP contribution in [0.3, 0.4) is 0 Å². The summed E-state index contributed by atoms with van der Waals surface area (Å²) >= 11 is 6.05. The minimum absolute atomic E-state index is 0.0190. The predicted molar refractivity (Wildman–Crippen MR) is 104 cm³/mol. The Morgan fingerprint density at radius 1 is 1.38 bits per heavy atom. The highest BCUT2D eigenvalue weighted by atomic mass is 35.5. The van der Waals surface area contributed by atoms with Gasteiger partial charge in [0, 0.05) is 42.3 Å². The molecule has 1 saturated heterocycles. The van der Waals surface area contributed by atoms with Gasteiger partial charge in [-0.1, -0.05) is 25.4 Å². The second kappa shape index (κ2) is 6.94. The van der Waals surface area contributed by atoms with Gasteiger partial charge in [-0.3, -0.25) is 0 Å². The van der Waals surface area contributed by atoms with Crippen LogP contribution in [0.25, 0.3) is 10.8 Å². The first-order chi connectivity index (χ1) is 12.1. The van der Waals surface area contributed by atoms with E-state index >= 15 is 0 Å². The van der Waals surface area contributed by atoms with Gasteiger partial charge in [0.1, 0.15) is 11.0 Å². The number of pyridine rings is 1. The smallest absolute Gasteiger partial charge is 0.208 e. The average molecular weight is 400 g/mol. The minimum atomic E-state index is -3.22. The zero-order chi connectivity index (χ0) is 19.2. The van der Waals surface area contributed by atoms with Gasteiger partial charge in [-0.25, -0.2) is 22.5 Å². The van der Waals surface area contributed by atoms with Gasteiger partial charge in [-0.05, 0) is 35.9 Å². The normalized spacial score (nSPS) is 20.7. The molecule has 1 aromatic heterocycles. The molecule has 2 atom stereocenters. The molecule has 1 fully saturated rings. The molecule has 1 aromatic carbocycles. The Kier molecular flexibility index (Phi) is 5.16. The molecular formula is C18H23ClFN3O2S. The molecule has 0 bridgehead atoms. The van der Waals surface area contributed by atoms with E-state index in [2.05, 4.69) is 14.6 Å². The second-order valence-corrected chi connectivity index (χ2v) is 9.49. The largest absolute Gasteiger partial charge is 0.367 e. The van der Waals surface area contributed by atoms with Crippen molar-refractivity contribution in [2.75, 3.05) is 24.2 Å². The predicted octanol–water partition coefficient (Wildman–Crippen LogP) is 3.52. The van der Waals surface area contributed by atoms with E-state index in [1.54, 1.807) is 18.3 Å². The number of fused-ring (bicyclic) bond motifs is 1. The van der Waals surface area contributed by atoms with Crippen molar-refractivity contribution < 1.29 is 12.8 Å². The highest BCUT2D eigenvalue weighted by Crippen LogP contribution is 2.40. The van der Waals surface area contributed by atoms with E-state index in [1.807, 2.05) is 20.8 Å². The van der Waals surface area contributed by atoms with Gasteiger partial charge in [0.2, 0.25) is 10.0 Å². The Morgan fingerprint density at radius 3 is 2.65 bits per heavy atom. The fourth-order valence-corrected chi connectivity index (χ4v) is 4.26. The van der Waals surface area contributed by atoms with Gasteiger partial charge in [-0.2, -0.15) is 0 Å². The molecule has 0 spiro atoms. The van der Waals surface area contributed by atoms with E-state index in [0.717, 1.165) is 22.7 Å². The van der Waals surface area contributed by atoms with Crippen LogP contribution in [0, 0.1) is 11.7 Å². The number of hydrogen-bond acceptors (Lipinski definition) is 4. The van der Waals surface area contributed by atoms with Crippen LogP contribution in [0.2, 0.25) is 5.15 Å². The summed E-state index contributed by atoms with van der Waals surface area (Å²) in [5, 5.41) is 1.98. The topological polar surface area (TPSA) is 62.3 Å². The molecule has 2 aromatic rings. The molecule has 142 valence electrons. The average Bonchev–Trinajstić information content (AvgIpc) is 2.51. The van der Waals surface area contributed by atoms with Crippen molar-refractivity contribution in [3.05, 3.63) is 34.9 Å². The van der Waals surface area contributed by atoms with Crippen molar-refractivity contribution in [1.82, 2.24) is 9.71 Å². The van der Waals surface area contributed by atoms with Crippen LogP contribution >= 0.6 is 11.6 Å². The second-order valence-electron chi connectivity index (χ2n) is 7.27. The molecule has 1 N–H and O–H groups in total. The summed E-state index contributed by atoms with van der Waals surface area (Å²) in [7, 11) is -3.22. The molecule has 2 heterocycles. The maximum Gasteiger partial charge on any atom is 0.208 e. The van der Waals surface area contributed by atoms with E-state index in [4.69, 9.17) is 11.6 Å². The van der Waals surface area contributed by atoms with Crippen molar-refractivity contribution in [3.8, 4) is 0 Å². The molecule has 1 aliphatic heterocycles. The van der Waals surface area contributed by atoms with Gasteiger partial charge in [-0.15, -0.1) is 0 Å². The summed E-state index contributed by atoms with van der Waals surface area (Å²) < 4.78 is 40.0. The Labute approximate surface area is 158 Å². The molecule has 8 heteroatoms. The van der Waals surface area contributed by atoms with Gasteiger partial charge in [0.25, 0.3) is 0 Å². The molecule has 3 rings (SSSR count). The highest BCUT2D eigenvalue weighted by Gasteiger charge is 2.37. The lowest BCUT2D eigenvalue weighted by Gasteiger charge is -2.48. The fraction of sp³-hybridized carbons (Fsp3) is 0.500. The molecular weight excluding hydrogens is 377 g/mol. The number of benzene rings is 1. The van der Waals surface area contributed by atoms with Crippen LogP contribution < -0.4 is 9.62 Å². The van der Waals surface area contributed by atoms with Crippen LogP contribution in [-0.2, 0) is 10.0 Å². The fourth-order valence-electron chi connectivity index (χ4n) is 3.58. The first-order valence-corrected chi connectivity index (χ1v) is 10.8. The number of anilines is 1. The highest BCUT2D eigenvalue weighted by molar-refractivity contribution is 7.88. The zero-order valence-corrected chi connectivity index (χ0v) is 16.8. The molecule has 0 aliphatic carbocycles. The Balaban J connectivity index is 1.96. The van der Waals surface area contributed by atoms with Gasteiger partial charge >= 0.3 is 0 Å². The molecule has 26 heavy (non-hydrogen) atoms. The van der Waals surface area contributed by atoms with E-state index in [-0.39, 0.29) is 23.7 Å². The first kappa shape index (κ1) is 19.3. The van der Waals surface area contributed by atoms with Gasteiger partial charge in [0.15, 0.2) is 0 Å². The number of rotatable bonds is 5. The van der Waals surface area contributed by atoms with Crippen LogP contribution in [-0.4, -0.2) is 38.8 Å². The standard InChI is InChI=1S/C18H23ClFN3O2S/c1-10(2)18-13-5-17(19)21-8-14(13)16(6-15(18)20)23-9-12(11(23)3)7-22-26(4,24)25/h5-6,8,10-12,22H,7,9H2,1-4H3/t11-,12-/m1/s1. The Hall–Kier alpha value is -1.44. The molecule has 0 amide bonds. The first-order valence-electron chi connectivity index (χ1n) is 8.57. The van der Waals surface area contributed by atoms with Crippen molar-refractivity contribution in [1.29, 1.82) is 0 Å². The van der Waals surface area contributed by atoms with Crippen molar-refractivity contribution >= 4 is 38.1 Å². The molecule has 0 unspecified atom stereocenters. The summed E-state index contributed by atoms with van der Waals surface area (Å²) in [5.74, 6) is -0.0620. The number of halogens is 2. The quantitative estimate of drug-likeness (QED) is 0.781. The Bertz CT molecular complexity index is 949. The van der Waals surface area contributed by atoms with Crippen LogP contribution in [0.15, 0.2) is 18.3 Å². The number of sulfonamides is 1. The summed E-state index contributed by atoms with van der Waals surface area (Å²) in [5.41, 5.74) is 1.41. The van der Waals surface area contributed by atoms with E-state index in [0.29, 0.717) is 23.8 Å². The number of hydrogen-bond donors (Lipinski definition) is 1. The lowest BCUT2D eigenvalue weighted by molar-refractivity contribution is 0.313. The Morgan fingerprint density at radius 2 is 2.08 bits per heavy atom. The number of aromatic nitrogens is 1. The number of nitrogens with one attached hydrogen (secondary N) is 1. The van der Waals surface area contributed by atoms with Gasteiger partial charge < -0.3 is 4.90 Å². The molecule has 1 aliphatic rings. The summed E-state index contributed by atoms with van der Waals surface area (Å²) in [6.07, 6.45) is 2.84. The van der Waals surface area contributed by atoms with Crippen molar-refractivity contribution in [3.63, 3.8) is 0 Å². The molecule has 5 nitrogen and oxygen atoms in total. The minimum Gasteiger partial charge on any atom is -0.367 e. The van der Waals surface area contributed by atoms with E-state index in [9.17, 15) is 12.8 Å². The van der Waals surface area contributed by atoms with Crippen molar-refractivity contribution in [2.45, 2.75) is 32.7 Å². The van der Waals surface area contributed by atoms with Crippen LogP contribution in [0.5, 0.6) is 0 Å². The summed E-state index contributed by atoms with van der Waals surface area (Å²) in [6, 6.07) is 3.36. The van der Waals surface area contributed by atoms with Crippen LogP contribution in [0.1, 0.15) is 32.3 Å². The zero-order valence-electron chi connectivity index (χ0n) is 15.3. The molecule has 0 radical (unpaired) electrons. The maximum absolute atomic E-state index is 14.8.